The van der Waals surface area contributed by atoms with Gasteiger partial charge in [-0.25, -0.2) is 12.8 Å². The number of nitrogens with one attached hydrogen (secondary N) is 1. The molecule has 2 amide bonds. The second kappa shape index (κ2) is 13.4. The quantitative estimate of drug-likeness (QED) is 0.359. The van der Waals surface area contributed by atoms with E-state index in [4.69, 9.17) is 0 Å². The van der Waals surface area contributed by atoms with E-state index in [1.807, 2.05) is 75.4 Å². The average Bonchev–Trinajstić information content (AvgIpc) is 2.89. The number of sulfonamides is 1. The van der Waals surface area contributed by atoms with E-state index in [9.17, 15) is 22.4 Å². The van der Waals surface area contributed by atoms with E-state index >= 15 is 0 Å². The van der Waals surface area contributed by atoms with Crippen LogP contribution in [-0.4, -0.2) is 50.0 Å². The van der Waals surface area contributed by atoms with Crippen LogP contribution >= 0.6 is 0 Å². The molecule has 0 heterocycles. The Morgan fingerprint density at radius 3 is 2.21 bits per heavy atom. The van der Waals surface area contributed by atoms with Crippen molar-refractivity contribution in [3.8, 4) is 0 Å². The molecule has 39 heavy (non-hydrogen) atoms. The van der Waals surface area contributed by atoms with Crippen LogP contribution in [0.2, 0.25) is 0 Å². The zero-order valence-electron chi connectivity index (χ0n) is 22.8. The molecule has 0 spiro atoms. The first-order valence-electron chi connectivity index (χ1n) is 12.9. The summed E-state index contributed by atoms with van der Waals surface area (Å²) in [5.74, 6) is -1.73. The molecular weight excluding hydrogens is 517 g/mol. The number of benzene rings is 3. The number of hydrogen-bond acceptors (Lipinski definition) is 4. The molecule has 0 aliphatic heterocycles. The van der Waals surface area contributed by atoms with Gasteiger partial charge in [0, 0.05) is 19.0 Å². The van der Waals surface area contributed by atoms with Crippen molar-refractivity contribution in [1.82, 2.24) is 10.2 Å². The SMILES string of the molecule is CC[C@H](C)NC(=O)[C@@H](Cc1ccccc1)N(Cc1cccc(C)c1)C(=O)CN(c1ccccc1F)S(C)(=O)=O. The molecule has 9 heteroatoms. The fourth-order valence-corrected chi connectivity index (χ4v) is 5.10. The van der Waals surface area contributed by atoms with Gasteiger partial charge in [0.15, 0.2) is 0 Å². The summed E-state index contributed by atoms with van der Waals surface area (Å²) in [4.78, 5) is 29.0. The molecule has 0 unspecified atom stereocenters. The number of rotatable bonds is 12. The predicted octanol–water partition coefficient (Wildman–Crippen LogP) is 4.45. The van der Waals surface area contributed by atoms with Gasteiger partial charge < -0.3 is 10.2 Å². The summed E-state index contributed by atoms with van der Waals surface area (Å²) in [6.07, 6.45) is 1.85. The van der Waals surface area contributed by atoms with Crippen LogP contribution in [0.15, 0.2) is 78.9 Å². The summed E-state index contributed by atoms with van der Waals surface area (Å²) in [5.41, 5.74) is 2.38. The molecule has 0 fully saturated rings. The zero-order chi connectivity index (χ0) is 28.6. The molecule has 3 aromatic carbocycles. The Morgan fingerprint density at radius 1 is 0.949 bits per heavy atom. The molecule has 3 aromatic rings. The molecule has 1 N–H and O–H groups in total. The summed E-state index contributed by atoms with van der Waals surface area (Å²) in [7, 11) is -4.03. The summed E-state index contributed by atoms with van der Waals surface area (Å²) >= 11 is 0. The van der Waals surface area contributed by atoms with Gasteiger partial charge in [-0.05, 0) is 43.5 Å². The van der Waals surface area contributed by atoms with Gasteiger partial charge >= 0.3 is 0 Å². The maximum absolute atomic E-state index is 14.7. The third-order valence-corrected chi connectivity index (χ3v) is 7.63. The number of carbonyl (C=O) groups is 2. The van der Waals surface area contributed by atoms with E-state index in [-0.39, 0.29) is 30.6 Å². The van der Waals surface area contributed by atoms with Crippen LogP contribution in [0.25, 0.3) is 0 Å². The van der Waals surface area contributed by atoms with Gasteiger partial charge in [-0.1, -0.05) is 79.2 Å². The molecule has 0 bridgehead atoms. The summed E-state index contributed by atoms with van der Waals surface area (Å²) in [6.45, 7) is 5.17. The number of carbonyl (C=O) groups excluding carboxylic acids is 2. The lowest BCUT2D eigenvalue weighted by atomic mass is 10.0. The molecular formula is C30H36FN3O4S. The van der Waals surface area contributed by atoms with Gasteiger partial charge in [0.1, 0.15) is 18.4 Å². The standard InChI is InChI=1S/C30H36FN3O4S/c1-5-23(3)32-30(36)28(19-24-13-7-6-8-14-24)33(20-25-15-11-12-22(2)18-25)29(35)21-34(39(4,37)38)27-17-10-9-16-26(27)31/h6-18,23,28H,5,19-21H2,1-4H3,(H,32,36)/t23-,28+/m0/s1. The smallest absolute Gasteiger partial charge is 0.244 e. The van der Waals surface area contributed by atoms with Crippen LogP contribution in [0.3, 0.4) is 0 Å². The number of para-hydroxylation sites is 1. The van der Waals surface area contributed by atoms with Gasteiger partial charge in [0.25, 0.3) is 0 Å². The molecule has 3 rings (SSSR count). The Bertz CT molecular complexity index is 1380. The summed E-state index contributed by atoms with van der Waals surface area (Å²) in [5, 5.41) is 2.98. The van der Waals surface area contributed by atoms with Gasteiger partial charge in [-0.2, -0.15) is 0 Å². The van der Waals surface area contributed by atoms with Crippen LogP contribution < -0.4 is 9.62 Å². The number of anilines is 1. The molecule has 0 aliphatic rings. The lowest BCUT2D eigenvalue weighted by Gasteiger charge is -2.34. The van der Waals surface area contributed by atoms with Crippen LogP contribution in [0.5, 0.6) is 0 Å². The molecule has 0 saturated heterocycles. The van der Waals surface area contributed by atoms with E-state index in [1.165, 1.54) is 23.1 Å². The average molecular weight is 554 g/mol. The fourth-order valence-electron chi connectivity index (χ4n) is 4.25. The lowest BCUT2D eigenvalue weighted by Crippen LogP contribution is -2.54. The van der Waals surface area contributed by atoms with Gasteiger partial charge in [-0.3, -0.25) is 13.9 Å². The van der Waals surface area contributed by atoms with Crippen LogP contribution in [0, 0.1) is 12.7 Å². The molecule has 208 valence electrons. The van der Waals surface area contributed by atoms with E-state index in [0.717, 1.165) is 33.3 Å². The summed E-state index contributed by atoms with van der Waals surface area (Å²) < 4.78 is 40.9. The van der Waals surface area contributed by atoms with E-state index in [1.54, 1.807) is 0 Å². The first kappa shape index (κ1) is 29.8. The first-order valence-corrected chi connectivity index (χ1v) is 14.8. The van der Waals surface area contributed by atoms with Crippen molar-refractivity contribution in [3.05, 3.63) is 101 Å². The highest BCUT2D eigenvalue weighted by molar-refractivity contribution is 7.92. The Balaban J connectivity index is 2.07. The van der Waals surface area contributed by atoms with E-state index in [0.29, 0.717) is 6.42 Å². The minimum absolute atomic E-state index is 0.0703. The number of aryl methyl sites for hydroxylation is 1. The largest absolute Gasteiger partial charge is 0.352 e. The van der Waals surface area contributed by atoms with Crippen LogP contribution in [-0.2, 0) is 32.6 Å². The third-order valence-electron chi connectivity index (χ3n) is 6.51. The van der Waals surface area contributed by atoms with Crippen molar-refractivity contribution in [1.29, 1.82) is 0 Å². The molecule has 0 aromatic heterocycles. The lowest BCUT2D eigenvalue weighted by molar-refractivity contribution is -0.140. The van der Waals surface area contributed by atoms with Crippen LogP contribution in [0.1, 0.15) is 37.0 Å². The van der Waals surface area contributed by atoms with E-state index < -0.39 is 34.3 Å². The van der Waals surface area contributed by atoms with Crippen molar-refractivity contribution >= 4 is 27.5 Å². The fraction of sp³-hybridized carbons (Fsp3) is 0.333. The summed E-state index contributed by atoms with van der Waals surface area (Å²) in [6, 6.07) is 21.2. The van der Waals surface area contributed by atoms with Crippen molar-refractivity contribution in [2.24, 2.45) is 0 Å². The molecule has 0 aliphatic carbocycles. The Hall–Kier alpha value is -3.72. The maximum atomic E-state index is 14.7. The molecule has 0 saturated carbocycles. The van der Waals surface area contributed by atoms with Gasteiger partial charge in [0.05, 0.1) is 11.9 Å². The second-order valence-corrected chi connectivity index (χ2v) is 11.7. The van der Waals surface area contributed by atoms with Crippen molar-refractivity contribution in [2.45, 2.75) is 52.2 Å². The van der Waals surface area contributed by atoms with Crippen molar-refractivity contribution < 1.29 is 22.4 Å². The highest BCUT2D eigenvalue weighted by atomic mass is 32.2. The van der Waals surface area contributed by atoms with E-state index in [2.05, 4.69) is 5.32 Å². The number of nitrogens with zero attached hydrogens (tertiary/aromatic N) is 2. The topological polar surface area (TPSA) is 86.8 Å². The normalized spacial score (nSPS) is 12.8. The Labute approximate surface area is 230 Å². The van der Waals surface area contributed by atoms with Crippen molar-refractivity contribution in [2.75, 3.05) is 17.1 Å². The highest BCUT2D eigenvalue weighted by Gasteiger charge is 2.34. The number of amides is 2. The van der Waals surface area contributed by atoms with Crippen LogP contribution in [0.4, 0.5) is 10.1 Å². The molecule has 0 radical (unpaired) electrons. The number of halogens is 1. The van der Waals surface area contributed by atoms with Crippen molar-refractivity contribution in [3.63, 3.8) is 0 Å². The monoisotopic (exact) mass is 553 g/mol. The Morgan fingerprint density at radius 2 is 1.59 bits per heavy atom. The Kier molecular flexibility index (Phi) is 10.2. The minimum atomic E-state index is -4.03. The predicted molar refractivity (Wildman–Crippen MR) is 152 cm³/mol. The molecule has 2 atom stereocenters. The maximum Gasteiger partial charge on any atom is 0.244 e. The molecule has 7 nitrogen and oxygen atoms in total. The second-order valence-electron chi connectivity index (χ2n) is 9.76. The van der Waals surface area contributed by atoms with Gasteiger partial charge in [0.2, 0.25) is 21.8 Å². The third kappa shape index (κ3) is 8.38. The van der Waals surface area contributed by atoms with Gasteiger partial charge in [-0.15, -0.1) is 0 Å². The highest BCUT2D eigenvalue weighted by Crippen LogP contribution is 2.23. The zero-order valence-corrected chi connectivity index (χ0v) is 23.6. The first-order chi connectivity index (χ1) is 18.5. The number of hydrogen-bond donors (Lipinski definition) is 1. The minimum Gasteiger partial charge on any atom is -0.352 e.